The van der Waals surface area contributed by atoms with Gasteiger partial charge < -0.3 is 5.11 Å². The third kappa shape index (κ3) is 3.16. The number of aliphatic hydroxyl groups excluding tert-OH is 1. The Morgan fingerprint density at radius 2 is 2.07 bits per heavy atom. The van der Waals surface area contributed by atoms with E-state index in [0.29, 0.717) is 0 Å². The molecule has 1 N–H and O–H groups in total. The summed E-state index contributed by atoms with van der Waals surface area (Å²) >= 11 is 0. The Bertz CT molecular complexity index is 241. The summed E-state index contributed by atoms with van der Waals surface area (Å²) in [5.74, 6) is 5.47. The van der Waals surface area contributed by atoms with Gasteiger partial charge in [-0.25, -0.2) is 0 Å². The van der Waals surface area contributed by atoms with Gasteiger partial charge in [-0.1, -0.05) is 25.2 Å². The molecule has 0 bridgehead atoms. The SMILES string of the molecule is CC#CCC(=O)C(O)C1CCCCC1. The van der Waals surface area contributed by atoms with Gasteiger partial charge in [-0.2, -0.15) is 0 Å². The van der Waals surface area contributed by atoms with Gasteiger partial charge in [0.15, 0.2) is 5.78 Å². The second-order valence-corrected chi connectivity index (χ2v) is 3.91. The van der Waals surface area contributed by atoms with E-state index < -0.39 is 6.10 Å². The van der Waals surface area contributed by atoms with E-state index in [2.05, 4.69) is 11.8 Å². The summed E-state index contributed by atoms with van der Waals surface area (Å²) in [5, 5.41) is 9.75. The zero-order chi connectivity index (χ0) is 10.4. The minimum atomic E-state index is -0.767. The van der Waals surface area contributed by atoms with E-state index in [1.165, 1.54) is 6.42 Å². The van der Waals surface area contributed by atoms with Crippen LogP contribution in [0.25, 0.3) is 0 Å². The first-order valence-electron chi connectivity index (χ1n) is 5.36. The van der Waals surface area contributed by atoms with Crippen molar-refractivity contribution >= 4 is 5.78 Å². The minimum absolute atomic E-state index is 0.105. The van der Waals surface area contributed by atoms with E-state index in [9.17, 15) is 9.90 Å². The summed E-state index contributed by atoms with van der Waals surface area (Å²) in [4.78, 5) is 11.4. The second-order valence-electron chi connectivity index (χ2n) is 3.91. The van der Waals surface area contributed by atoms with Crippen LogP contribution in [0.4, 0.5) is 0 Å². The number of hydrogen-bond acceptors (Lipinski definition) is 2. The Morgan fingerprint density at radius 1 is 1.43 bits per heavy atom. The topological polar surface area (TPSA) is 37.3 Å². The molecule has 0 spiro atoms. The molecule has 0 radical (unpaired) electrons. The maximum absolute atomic E-state index is 11.4. The van der Waals surface area contributed by atoms with Crippen LogP contribution >= 0.6 is 0 Å². The molecule has 0 aliphatic heterocycles. The van der Waals surface area contributed by atoms with Crippen LogP contribution in [0.3, 0.4) is 0 Å². The normalized spacial score (nSPS) is 19.6. The monoisotopic (exact) mass is 194 g/mol. The molecule has 0 aromatic heterocycles. The second kappa shape index (κ2) is 5.82. The van der Waals surface area contributed by atoms with E-state index in [1.807, 2.05) is 0 Å². The number of ketones is 1. The molecule has 2 heteroatoms. The lowest BCUT2D eigenvalue weighted by atomic mass is 9.83. The molecule has 2 nitrogen and oxygen atoms in total. The van der Waals surface area contributed by atoms with Crippen molar-refractivity contribution in [1.82, 2.24) is 0 Å². The van der Waals surface area contributed by atoms with Gasteiger partial charge in [0.25, 0.3) is 0 Å². The first-order chi connectivity index (χ1) is 6.75. The number of Topliss-reactive ketones (excluding diaryl/α,β-unsaturated/α-hetero) is 1. The maximum atomic E-state index is 11.4. The average Bonchev–Trinajstić information content (AvgIpc) is 2.26. The molecular formula is C12H18O2. The number of carbonyl (C=O) groups is 1. The van der Waals surface area contributed by atoms with E-state index in [4.69, 9.17) is 0 Å². The maximum Gasteiger partial charge on any atom is 0.173 e. The minimum Gasteiger partial charge on any atom is -0.385 e. The number of carbonyl (C=O) groups excluding carboxylic acids is 1. The molecule has 0 aromatic rings. The summed E-state index contributed by atoms with van der Waals surface area (Å²) in [7, 11) is 0. The van der Waals surface area contributed by atoms with Crippen molar-refractivity contribution in [3.8, 4) is 11.8 Å². The first kappa shape index (κ1) is 11.3. The van der Waals surface area contributed by atoms with Gasteiger partial charge in [0.05, 0.1) is 6.42 Å². The average molecular weight is 194 g/mol. The highest BCUT2D eigenvalue weighted by Gasteiger charge is 2.26. The van der Waals surface area contributed by atoms with Crippen molar-refractivity contribution in [1.29, 1.82) is 0 Å². The van der Waals surface area contributed by atoms with Gasteiger partial charge >= 0.3 is 0 Å². The van der Waals surface area contributed by atoms with Gasteiger partial charge in [-0.05, 0) is 25.7 Å². The van der Waals surface area contributed by atoms with Gasteiger partial charge in [-0.15, -0.1) is 5.92 Å². The summed E-state index contributed by atoms with van der Waals surface area (Å²) in [6.07, 6.45) is 4.96. The molecule has 1 aliphatic rings. The Labute approximate surface area is 85.7 Å². The third-order valence-electron chi connectivity index (χ3n) is 2.87. The van der Waals surface area contributed by atoms with E-state index >= 15 is 0 Å². The summed E-state index contributed by atoms with van der Waals surface area (Å²) in [6, 6.07) is 0. The predicted molar refractivity (Wildman–Crippen MR) is 55.7 cm³/mol. The quantitative estimate of drug-likeness (QED) is 0.697. The molecule has 1 fully saturated rings. The van der Waals surface area contributed by atoms with Crippen molar-refractivity contribution in [3.63, 3.8) is 0 Å². The van der Waals surface area contributed by atoms with Crippen molar-refractivity contribution in [2.24, 2.45) is 5.92 Å². The first-order valence-corrected chi connectivity index (χ1v) is 5.36. The molecule has 1 unspecified atom stereocenters. The molecule has 1 atom stereocenters. The lowest BCUT2D eigenvalue weighted by molar-refractivity contribution is -0.129. The molecule has 0 heterocycles. The number of hydrogen-bond donors (Lipinski definition) is 1. The van der Waals surface area contributed by atoms with Crippen LogP contribution in [0.15, 0.2) is 0 Å². The van der Waals surface area contributed by atoms with Gasteiger partial charge in [0.1, 0.15) is 6.10 Å². The zero-order valence-corrected chi connectivity index (χ0v) is 8.75. The Hall–Kier alpha value is -0.810. The van der Waals surface area contributed by atoms with Crippen LogP contribution in [0.1, 0.15) is 45.4 Å². The summed E-state index contributed by atoms with van der Waals surface area (Å²) < 4.78 is 0. The highest BCUT2D eigenvalue weighted by atomic mass is 16.3. The molecular weight excluding hydrogens is 176 g/mol. The van der Waals surface area contributed by atoms with Crippen molar-refractivity contribution in [2.45, 2.75) is 51.6 Å². The Balaban J connectivity index is 2.40. The molecule has 14 heavy (non-hydrogen) atoms. The lowest BCUT2D eigenvalue weighted by Crippen LogP contribution is -2.30. The molecule has 0 aromatic carbocycles. The van der Waals surface area contributed by atoms with Crippen molar-refractivity contribution in [2.75, 3.05) is 0 Å². The van der Waals surface area contributed by atoms with Crippen LogP contribution in [0.5, 0.6) is 0 Å². The highest BCUT2D eigenvalue weighted by molar-refractivity contribution is 5.85. The Morgan fingerprint density at radius 3 is 2.64 bits per heavy atom. The molecule has 0 amide bonds. The third-order valence-corrected chi connectivity index (χ3v) is 2.87. The zero-order valence-electron chi connectivity index (χ0n) is 8.75. The molecule has 1 rings (SSSR count). The number of rotatable bonds is 3. The molecule has 78 valence electrons. The van der Waals surface area contributed by atoms with Gasteiger partial charge in [0.2, 0.25) is 0 Å². The van der Waals surface area contributed by atoms with E-state index in [-0.39, 0.29) is 18.1 Å². The fourth-order valence-corrected chi connectivity index (χ4v) is 1.99. The van der Waals surface area contributed by atoms with Crippen molar-refractivity contribution in [3.05, 3.63) is 0 Å². The molecule has 0 saturated heterocycles. The number of aliphatic hydroxyl groups is 1. The van der Waals surface area contributed by atoms with Crippen LogP contribution in [-0.4, -0.2) is 17.0 Å². The summed E-state index contributed by atoms with van der Waals surface area (Å²) in [6.45, 7) is 1.71. The lowest BCUT2D eigenvalue weighted by Gasteiger charge is -2.25. The highest BCUT2D eigenvalue weighted by Crippen LogP contribution is 2.27. The van der Waals surface area contributed by atoms with E-state index in [0.717, 1.165) is 25.7 Å². The van der Waals surface area contributed by atoms with Crippen LogP contribution in [0, 0.1) is 17.8 Å². The Kier molecular flexibility index (Phi) is 4.69. The van der Waals surface area contributed by atoms with Gasteiger partial charge in [0, 0.05) is 0 Å². The van der Waals surface area contributed by atoms with Crippen LogP contribution in [0.2, 0.25) is 0 Å². The fourth-order valence-electron chi connectivity index (χ4n) is 1.99. The van der Waals surface area contributed by atoms with E-state index in [1.54, 1.807) is 6.92 Å². The van der Waals surface area contributed by atoms with Crippen LogP contribution in [-0.2, 0) is 4.79 Å². The largest absolute Gasteiger partial charge is 0.385 e. The molecule has 1 aliphatic carbocycles. The van der Waals surface area contributed by atoms with Crippen LogP contribution < -0.4 is 0 Å². The van der Waals surface area contributed by atoms with Gasteiger partial charge in [-0.3, -0.25) is 4.79 Å². The smallest absolute Gasteiger partial charge is 0.173 e. The standard InChI is InChI=1S/C12H18O2/c1-2-3-9-11(13)12(14)10-7-5-4-6-8-10/h10,12,14H,4-9H2,1H3. The fraction of sp³-hybridized carbons (Fsp3) is 0.750. The predicted octanol–water partition coefficient (Wildman–Crippen LogP) is 1.91. The summed E-state index contributed by atoms with van der Waals surface area (Å²) in [5.41, 5.74) is 0. The van der Waals surface area contributed by atoms with Crippen molar-refractivity contribution < 1.29 is 9.90 Å². The molecule has 1 saturated carbocycles.